The minimum atomic E-state index is -0.514. The molecule has 2 aliphatic rings. The number of amides is 3. The summed E-state index contributed by atoms with van der Waals surface area (Å²) in [6.45, 7) is 7.64. The van der Waals surface area contributed by atoms with E-state index in [0.29, 0.717) is 24.9 Å². The molecular weight excluding hydrogens is 420 g/mol. The van der Waals surface area contributed by atoms with E-state index >= 15 is 0 Å². The van der Waals surface area contributed by atoms with Crippen molar-refractivity contribution >= 4 is 17.9 Å². The summed E-state index contributed by atoms with van der Waals surface area (Å²) in [6.07, 6.45) is 4.37. The third kappa shape index (κ3) is 7.45. The Kier molecular flexibility index (Phi) is 8.72. The van der Waals surface area contributed by atoms with E-state index in [1.54, 1.807) is 6.92 Å². The first-order valence-corrected chi connectivity index (χ1v) is 12.0. The monoisotopic (exact) mass is 458 g/mol. The number of carbonyl (C=O) groups is 3. The second-order valence-corrected chi connectivity index (χ2v) is 9.95. The Morgan fingerprint density at radius 1 is 1.06 bits per heavy atom. The van der Waals surface area contributed by atoms with E-state index < -0.39 is 6.09 Å². The molecule has 8 heteroatoms. The summed E-state index contributed by atoms with van der Waals surface area (Å²) in [6, 6.07) is 9.42. The van der Waals surface area contributed by atoms with Gasteiger partial charge < -0.3 is 25.6 Å². The molecule has 8 nitrogen and oxygen atoms in total. The third-order valence-electron chi connectivity index (χ3n) is 6.79. The van der Waals surface area contributed by atoms with Gasteiger partial charge >= 0.3 is 6.09 Å². The SMILES string of the molecule is CC(=O)N(C1CCC(C)(C)CC1)[C@@H]1CN[C@H](C(=O)NCCNC(=O)OCc2ccccc2)C1. The van der Waals surface area contributed by atoms with Crippen LogP contribution in [0.1, 0.15) is 58.4 Å². The summed E-state index contributed by atoms with van der Waals surface area (Å²) in [7, 11) is 0. The Morgan fingerprint density at radius 3 is 2.39 bits per heavy atom. The standard InChI is InChI=1S/C25H38N4O4/c1-18(30)29(20-9-11-25(2,3)12-10-20)21-15-22(28-16-21)23(31)26-13-14-27-24(32)33-17-19-7-5-4-6-8-19/h4-8,20-22,28H,9-17H2,1-3H3,(H,26,31)(H,27,32)/t21-,22-/m0/s1. The molecule has 1 saturated heterocycles. The fourth-order valence-electron chi connectivity index (χ4n) is 4.85. The number of nitrogens with zero attached hydrogens (tertiary/aromatic N) is 1. The second-order valence-electron chi connectivity index (χ2n) is 9.95. The zero-order valence-electron chi connectivity index (χ0n) is 20.1. The van der Waals surface area contributed by atoms with Gasteiger partial charge in [0.05, 0.1) is 6.04 Å². The van der Waals surface area contributed by atoms with Crippen LogP contribution in [0, 0.1) is 5.41 Å². The molecule has 3 rings (SSSR count). The number of rotatable bonds is 8. The van der Waals surface area contributed by atoms with E-state index in [9.17, 15) is 14.4 Å². The van der Waals surface area contributed by atoms with Crippen molar-refractivity contribution in [2.75, 3.05) is 19.6 Å². The van der Waals surface area contributed by atoms with Gasteiger partial charge in [-0.25, -0.2) is 4.79 Å². The number of ether oxygens (including phenoxy) is 1. The van der Waals surface area contributed by atoms with Crippen molar-refractivity contribution < 1.29 is 19.1 Å². The Hall–Kier alpha value is -2.61. The van der Waals surface area contributed by atoms with Gasteiger partial charge in [0.1, 0.15) is 6.61 Å². The van der Waals surface area contributed by atoms with Gasteiger partial charge in [-0.15, -0.1) is 0 Å². The van der Waals surface area contributed by atoms with E-state index in [1.165, 1.54) is 0 Å². The van der Waals surface area contributed by atoms with Gasteiger partial charge in [-0.3, -0.25) is 9.59 Å². The first-order chi connectivity index (χ1) is 15.7. The second kappa shape index (κ2) is 11.5. The van der Waals surface area contributed by atoms with Crippen LogP contribution in [0.4, 0.5) is 4.79 Å². The maximum Gasteiger partial charge on any atom is 0.407 e. The number of carbonyl (C=O) groups excluding carboxylic acids is 3. The highest BCUT2D eigenvalue weighted by atomic mass is 16.5. The summed E-state index contributed by atoms with van der Waals surface area (Å²) in [5.74, 6) is -0.0176. The van der Waals surface area contributed by atoms with Crippen LogP contribution >= 0.6 is 0 Å². The highest BCUT2D eigenvalue weighted by Crippen LogP contribution is 2.38. The molecule has 3 amide bonds. The first kappa shape index (κ1) is 25.0. The van der Waals surface area contributed by atoms with E-state index in [1.807, 2.05) is 35.2 Å². The quantitative estimate of drug-likeness (QED) is 0.520. The van der Waals surface area contributed by atoms with Gasteiger partial charge in [0.15, 0.2) is 0 Å². The van der Waals surface area contributed by atoms with Gasteiger partial charge in [0.25, 0.3) is 0 Å². The number of hydrogen-bond acceptors (Lipinski definition) is 5. The number of nitrogens with one attached hydrogen (secondary N) is 3. The average molecular weight is 459 g/mol. The van der Waals surface area contributed by atoms with Gasteiger partial charge in [-0.05, 0) is 43.1 Å². The lowest BCUT2D eigenvalue weighted by Gasteiger charge is -2.42. The fraction of sp³-hybridized carbons (Fsp3) is 0.640. The molecule has 182 valence electrons. The summed E-state index contributed by atoms with van der Waals surface area (Å²) in [5, 5.41) is 8.77. The Labute approximate surface area is 196 Å². The molecule has 2 fully saturated rings. The molecule has 1 aromatic carbocycles. The lowest BCUT2D eigenvalue weighted by molar-refractivity contribution is -0.135. The lowest BCUT2D eigenvalue weighted by atomic mass is 9.75. The van der Waals surface area contributed by atoms with Crippen LogP contribution in [0.15, 0.2) is 30.3 Å². The van der Waals surface area contributed by atoms with Crippen LogP contribution in [0.25, 0.3) is 0 Å². The maximum atomic E-state index is 12.6. The summed E-state index contributed by atoms with van der Waals surface area (Å²) in [4.78, 5) is 38.8. The van der Waals surface area contributed by atoms with Gasteiger partial charge in [-0.2, -0.15) is 0 Å². The predicted octanol–water partition coefficient (Wildman–Crippen LogP) is 2.58. The lowest BCUT2D eigenvalue weighted by Crippen LogP contribution is -2.49. The van der Waals surface area contributed by atoms with Crippen molar-refractivity contribution in [3.8, 4) is 0 Å². The summed E-state index contributed by atoms with van der Waals surface area (Å²) >= 11 is 0. The molecule has 1 aromatic rings. The molecule has 1 saturated carbocycles. The minimum absolute atomic E-state index is 0.0375. The molecule has 0 radical (unpaired) electrons. The molecule has 3 N–H and O–H groups in total. The van der Waals surface area contributed by atoms with Crippen LogP contribution in [-0.4, -0.2) is 60.6 Å². The van der Waals surface area contributed by atoms with Gasteiger partial charge in [0, 0.05) is 38.6 Å². The van der Waals surface area contributed by atoms with Crippen LogP contribution in [0.2, 0.25) is 0 Å². The molecule has 1 aliphatic carbocycles. The highest BCUT2D eigenvalue weighted by molar-refractivity contribution is 5.82. The molecule has 2 atom stereocenters. The van der Waals surface area contributed by atoms with Gasteiger partial charge in [-0.1, -0.05) is 44.2 Å². The highest BCUT2D eigenvalue weighted by Gasteiger charge is 2.39. The average Bonchev–Trinajstić information content (AvgIpc) is 3.26. The fourth-order valence-corrected chi connectivity index (χ4v) is 4.85. The van der Waals surface area contributed by atoms with Crippen LogP contribution in [0.5, 0.6) is 0 Å². The van der Waals surface area contributed by atoms with E-state index in [2.05, 4.69) is 29.8 Å². The summed E-state index contributed by atoms with van der Waals surface area (Å²) < 4.78 is 5.16. The van der Waals surface area contributed by atoms with E-state index in [0.717, 1.165) is 31.2 Å². The van der Waals surface area contributed by atoms with E-state index in [4.69, 9.17) is 4.74 Å². The number of hydrogen-bond donors (Lipinski definition) is 3. The van der Waals surface area contributed by atoms with Crippen molar-refractivity contribution in [2.24, 2.45) is 5.41 Å². The molecule has 1 heterocycles. The number of alkyl carbamates (subject to hydrolysis) is 1. The van der Waals surface area contributed by atoms with Crippen molar-refractivity contribution in [1.82, 2.24) is 20.9 Å². The van der Waals surface area contributed by atoms with E-state index in [-0.39, 0.29) is 43.1 Å². The topological polar surface area (TPSA) is 99.8 Å². The first-order valence-electron chi connectivity index (χ1n) is 12.0. The predicted molar refractivity (Wildman–Crippen MR) is 126 cm³/mol. The molecule has 33 heavy (non-hydrogen) atoms. The zero-order chi connectivity index (χ0) is 23.8. The van der Waals surface area contributed by atoms with Crippen molar-refractivity contribution in [2.45, 2.75) is 77.6 Å². The maximum absolute atomic E-state index is 12.6. The Bertz CT molecular complexity index is 804. The van der Waals surface area contributed by atoms with Crippen LogP contribution in [0.3, 0.4) is 0 Å². The molecule has 1 aliphatic heterocycles. The summed E-state index contributed by atoms with van der Waals surface area (Å²) in [5.41, 5.74) is 1.26. The molecule has 0 spiro atoms. The number of benzene rings is 1. The van der Waals surface area contributed by atoms with Crippen LogP contribution in [-0.2, 0) is 20.9 Å². The Morgan fingerprint density at radius 2 is 1.73 bits per heavy atom. The third-order valence-corrected chi connectivity index (χ3v) is 6.79. The van der Waals surface area contributed by atoms with Crippen LogP contribution < -0.4 is 16.0 Å². The largest absolute Gasteiger partial charge is 0.445 e. The van der Waals surface area contributed by atoms with Crippen molar-refractivity contribution in [1.29, 1.82) is 0 Å². The van der Waals surface area contributed by atoms with Gasteiger partial charge in [0.2, 0.25) is 11.8 Å². The molecular formula is C25H38N4O4. The Balaban J connectivity index is 1.36. The smallest absolute Gasteiger partial charge is 0.407 e. The van der Waals surface area contributed by atoms with Crippen molar-refractivity contribution in [3.05, 3.63) is 35.9 Å². The minimum Gasteiger partial charge on any atom is -0.445 e. The molecule has 0 aromatic heterocycles. The normalized spacial score (nSPS) is 22.4. The molecule has 0 unspecified atom stereocenters. The van der Waals surface area contributed by atoms with Crippen molar-refractivity contribution in [3.63, 3.8) is 0 Å². The molecule has 0 bridgehead atoms. The zero-order valence-corrected chi connectivity index (χ0v) is 20.1.